The molecule has 1 saturated heterocycles. The van der Waals surface area contributed by atoms with E-state index < -0.39 is 15.2 Å². The molecule has 0 amide bonds. The zero-order valence-electron chi connectivity index (χ0n) is 10.2. The molecule has 1 aliphatic heterocycles. The molecule has 0 radical (unpaired) electrons. The summed E-state index contributed by atoms with van der Waals surface area (Å²) < 4.78 is 23.6. The SMILES string of the molecule is CS(=O)(=O)C1CSCCN1c1ccc(CO)cc1. The van der Waals surface area contributed by atoms with E-state index in [-0.39, 0.29) is 6.61 Å². The number of benzene rings is 1. The summed E-state index contributed by atoms with van der Waals surface area (Å²) in [6.45, 7) is 0.743. The molecule has 6 heteroatoms. The van der Waals surface area contributed by atoms with Crippen LogP contribution in [0.3, 0.4) is 0 Å². The molecule has 0 spiro atoms. The number of hydrogen-bond donors (Lipinski definition) is 1. The molecule has 4 nitrogen and oxygen atoms in total. The first-order chi connectivity index (χ1) is 8.52. The van der Waals surface area contributed by atoms with Crippen LogP contribution in [0.5, 0.6) is 0 Å². The monoisotopic (exact) mass is 287 g/mol. The van der Waals surface area contributed by atoms with Gasteiger partial charge in [0, 0.05) is 30.0 Å². The number of aliphatic hydroxyl groups is 1. The Labute approximate surface area is 112 Å². The summed E-state index contributed by atoms with van der Waals surface area (Å²) in [6, 6.07) is 7.41. The van der Waals surface area contributed by atoms with Crippen LogP contribution in [0.25, 0.3) is 0 Å². The zero-order valence-corrected chi connectivity index (χ0v) is 11.9. The van der Waals surface area contributed by atoms with Crippen molar-refractivity contribution in [2.24, 2.45) is 0 Å². The third-order valence-electron chi connectivity index (χ3n) is 3.03. The fraction of sp³-hybridized carbons (Fsp3) is 0.500. The van der Waals surface area contributed by atoms with Crippen molar-refractivity contribution in [3.05, 3.63) is 29.8 Å². The Morgan fingerprint density at radius 1 is 1.39 bits per heavy atom. The highest BCUT2D eigenvalue weighted by atomic mass is 32.2. The Kier molecular flexibility index (Phi) is 4.19. The van der Waals surface area contributed by atoms with Gasteiger partial charge in [-0.25, -0.2) is 8.42 Å². The van der Waals surface area contributed by atoms with Gasteiger partial charge in [-0.1, -0.05) is 12.1 Å². The lowest BCUT2D eigenvalue weighted by molar-refractivity contribution is 0.282. The molecule has 1 N–H and O–H groups in total. The van der Waals surface area contributed by atoms with Crippen molar-refractivity contribution in [3.63, 3.8) is 0 Å². The van der Waals surface area contributed by atoms with E-state index in [9.17, 15) is 8.42 Å². The van der Waals surface area contributed by atoms with Crippen LogP contribution in [0.1, 0.15) is 5.56 Å². The first-order valence-corrected chi connectivity index (χ1v) is 8.86. The van der Waals surface area contributed by atoms with Crippen molar-refractivity contribution < 1.29 is 13.5 Å². The van der Waals surface area contributed by atoms with Gasteiger partial charge >= 0.3 is 0 Å². The second kappa shape index (κ2) is 5.50. The fourth-order valence-corrected chi connectivity index (χ4v) is 4.86. The standard InChI is InChI=1S/C12H17NO3S2/c1-18(15,16)12-9-17-7-6-13(12)11-4-2-10(8-14)3-5-11/h2-5,12,14H,6-9H2,1H3. The van der Waals surface area contributed by atoms with Crippen LogP contribution in [-0.2, 0) is 16.4 Å². The van der Waals surface area contributed by atoms with Crippen molar-refractivity contribution in [3.8, 4) is 0 Å². The van der Waals surface area contributed by atoms with E-state index >= 15 is 0 Å². The molecule has 1 fully saturated rings. The van der Waals surface area contributed by atoms with Gasteiger partial charge in [-0.05, 0) is 17.7 Å². The molecule has 1 atom stereocenters. The van der Waals surface area contributed by atoms with Crippen LogP contribution >= 0.6 is 11.8 Å². The minimum Gasteiger partial charge on any atom is -0.392 e. The molecule has 0 bridgehead atoms. The van der Waals surface area contributed by atoms with Crippen molar-refractivity contribution in [2.45, 2.75) is 12.0 Å². The summed E-state index contributed by atoms with van der Waals surface area (Å²) in [6.07, 6.45) is 1.29. The van der Waals surface area contributed by atoms with Crippen molar-refractivity contribution in [1.82, 2.24) is 0 Å². The normalized spacial score (nSPS) is 21.0. The lowest BCUT2D eigenvalue weighted by atomic mass is 10.2. The molecular formula is C12H17NO3S2. The van der Waals surface area contributed by atoms with Gasteiger partial charge in [0.2, 0.25) is 0 Å². The Bertz CT molecular complexity index is 499. The van der Waals surface area contributed by atoms with Gasteiger partial charge in [0.25, 0.3) is 0 Å². The molecular weight excluding hydrogens is 270 g/mol. The molecule has 100 valence electrons. The molecule has 0 aromatic heterocycles. The first kappa shape index (κ1) is 13.7. The smallest absolute Gasteiger partial charge is 0.169 e. The third kappa shape index (κ3) is 2.99. The quantitative estimate of drug-likeness (QED) is 0.902. The number of aliphatic hydroxyl groups excluding tert-OH is 1. The van der Waals surface area contributed by atoms with Gasteiger partial charge in [-0.2, -0.15) is 11.8 Å². The minimum atomic E-state index is -3.08. The van der Waals surface area contributed by atoms with Gasteiger partial charge in [0.1, 0.15) is 5.37 Å². The number of rotatable bonds is 3. The maximum Gasteiger partial charge on any atom is 0.169 e. The number of nitrogens with zero attached hydrogens (tertiary/aromatic N) is 1. The van der Waals surface area contributed by atoms with E-state index in [4.69, 9.17) is 5.11 Å². The highest BCUT2D eigenvalue weighted by molar-refractivity contribution is 8.01. The Morgan fingerprint density at radius 2 is 2.06 bits per heavy atom. The number of sulfone groups is 1. The summed E-state index contributed by atoms with van der Waals surface area (Å²) in [5.41, 5.74) is 1.74. The first-order valence-electron chi connectivity index (χ1n) is 5.75. The zero-order chi connectivity index (χ0) is 13.2. The summed E-state index contributed by atoms with van der Waals surface area (Å²) >= 11 is 1.68. The van der Waals surface area contributed by atoms with E-state index in [1.165, 1.54) is 6.26 Å². The average molecular weight is 287 g/mol. The molecule has 1 heterocycles. The predicted molar refractivity (Wildman–Crippen MR) is 75.7 cm³/mol. The van der Waals surface area contributed by atoms with Gasteiger partial charge < -0.3 is 10.0 Å². The van der Waals surface area contributed by atoms with Crippen molar-refractivity contribution >= 4 is 27.3 Å². The van der Waals surface area contributed by atoms with Crippen LogP contribution in [0.2, 0.25) is 0 Å². The average Bonchev–Trinajstić information content (AvgIpc) is 2.38. The summed E-state index contributed by atoms with van der Waals surface area (Å²) in [5, 5.41) is 8.56. The second-order valence-electron chi connectivity index (χ2n) is 4.38. The lowest BCUT2D eigenvalue weighted by Crippen LogP contribution is -2.47. The second-order valence-corrected chi connectivity index (χ2v) is 7.73. The van der Waals surface area contributed by atoms with Crippen molar-refractivity contribution in [2.75, 3.05) is 29.2 Å². The Balaban J connectivity index is 2.28. The van der Waals surface area contributed by atoms with E-state index in [1.54, 1.807) is 11.8 Å². The molecule has 1 aromatic carbocycles. The highest BCUT2D eigenvalue weighted by Crippen LogP contribution is 2.26. The van der Waals surface area contributed by atoms with Gasteiger partial charge in [-0.3, -0.25) is 0 Å². The molecule has 1 aliphatic rings. The molecule has 0 saturated carbocycles. The number of thioether (sulfide) groups is 1. The molecule has 2 rings (SSSR count). The summed E-state index contributed by atoms with van der Waals surface area (Å²) in [4.78, 5) is 1.94. The lowest BCUT2D eigenvalue weighted by Gasteiger charge is -2.35. The van der Waals surface area contributed by atoms with Gasteiger partial charge in [-0.15, -0.1) is 0 Å². The molecule has 0 aliphatic carbocycles. The third-order valence-corrected chi connectivity index (χ3v) is 5.67. The van der Waals surface area contributed by atoms with E-state index in [0.717, 1.165) is 23.5 Å². The maximum absolute atomic E-state index is 11.8. The van der Waals surface area contributed by atoms with Crippen LogP contribution in [0, 0.1) is 0 Å². The van der Waals surface area contributed by atoms with Crippen LogP contribution in [-0.4, -0.2) is 43.2 Å². The van der Waals surface area contributed by atoms with Crippen LogP contribution in [0.15, 0.2) is 24.3 Å². The minimum absolute atomic E-state index is 0.00559. The van der Waals surface area contributed by atoms with E-state index in [2.05, 4.69) is 0 Å². The molecule has 1 unspecified atom stereocenters. The topological polar surface area (TPSA) is 57.6 Å². The molecule has 18 heavy (non-hydrogen) atoms. The van der Waals surface area contributed by atoms with Crippen LogP contribution < -0.4 is 4.90 Å². The molecule has 1 aromatic rings. The van der Waals surface area contributed by atoms with Gasteiger partial charge in [0.05, 0.1) is 6.61 Å². The summed E-state index contributed by atoms with van der Waals surface area (Å²) in [7, 11) is -3.08. The van der Waals surface area contributed by atoms with E-state index in [1.807, 2.05) is 29.2 Å². The van der Waals surface area contributed by atoms with Crippen LogP contribution in [0.4, 0.5) is 5.69 Å². The van der Waals surface area contributed by atoms with Crippen molar-refractivity contribution in [1.29, 1.82) is 0 Å². The Hall–Kier alpha value is -0.720. The Morgan fingerprint density at radius 3 is 2.61 bits per heavy atom. The highest BCUT2D eigenvalue weighted by Gasteiger charge is 2.30. The number of anilines is 1. The largest absolute Gasteiger partial charge is 0.392 e. The number of hydrogen-bond acceptors (Lipinski definition) is 5. The van der Waals surface area contributed by atoms with Gasteiger partial charge in [0.15, 0.2) is 9.84 Å². The fourth-order valence-electron chi connectivity index (χ4n) is 2.02. The summed E-state index contributed by atoms with van der Waals surface area (Å²) in [5.74, 6) is 1.55. The predicted octanol–water partition coefficient (Wildman–Crippen LogP) is 1.10. The van der Waals surface area contributed by atoms with E-state index in [0.29, 0.717) is 5.75 Å². The maximum atomic E-state index is 11.8.